The van der Waals surface area contributed by atoms with E-state index in [-0.39, 0.29) is 75.5 Å². The first kappa shape index (κ1) is 43.7. The van der Waals surface area contributed by atoms with Crippen LogP contribution in [0.25, 0.3) is 0 Å². The molecular weight excluding hydrogens is 604 g/mol. The third-order valence-electron chi connectivity index (χ3n) is 8.10. The Kier molecular flexibility index (Phi) is 28.7. The van der Waals surface area contributed by atoms with Gasteiger partial charge in [0.1, 0.15) is 0 Å². The number of ether oxygens (including phenoxy) is 2. The molecule has 1 aromatic rings. The maximum Gasteiger partial charge on any atom is 1.00 e. The van der Waals surface area contributed by atoms with Gasteiger partial charge in [0.2, 0.25) is 0 Å². The second-order valence-corrected chi connectivity index (χ2v) is 13.8. The topological polar surface area (TPSA) is 110 Å². The van der Waals surface area contributed by atoms with Crippen molar-refractivity contribution in [2.45, 2.75) is 160 Å². The minimum atomic E-state index is -4.44. The normalized spacial score (nSPS) is 12.0. The van der Waals surface area contributed by atoms with Crippen LogP contribution >= 0.6 is 0 Å². The number of carbonyl (C=O) groups is 2. The fraction of sp³-hybridized carbons (Fsp3) is 0.771. The zero-order valence-corrected chi connectivity index (χ0v) is 32.1. The van der Waals surface area contributed by atoms with Crippen LogP contribution in [0, 0.1) is 0 Å². The molecule has 0 aliphatic carbocycles. The van der Waals surface area contributed by atoms with Crippen LogP contribution in [-0.4, -0.2) is 43.4 Å². The summed E-state index contributed by atoms with van der Waals surface area (Å²) in [5.41, 5.74) is 0.171. The van der Waals surface area contributed by atoms with E-state index in [2.05, 4.69) is 6.92 Å². The third kappa shape index (κ3) is 23.1. The van der Waals surface area contributed by atoms with E-state index in [0.717, 1.165) is 19.3 Å². The Bertz CT molecular complexity index is 968. The summed E-state index contributed by atoms with van der Waals surface area (Å²) in [6.07, 6.45) is 27.5. The van der Waals surface area contributed by atoms with Crippen LogP contribution in [0.1, 0.15) is 176 Å². The molecule has 0 bridgehead atoms. The molecule has 1 unspecified atom stereocenters. The van der Waals surface area contributed by atoms with Crippen LogP contribution in [0.15, 0.2) is 24.3 Å². The van der Waals surface area contributed by atoms with Gasteiger partial charge in [-0.05, 0) is 31.9 Å². The summed E-state index contributed by atoms with van der Waals surface area (Å²) < 4.78 is 43.4. The van der Waals surface area contributed by atoms with Crippen molar-refractivity contribution in [2.75, 3.05) is 13.2 Å². The monoisotopic (exact) mass is 662 g/mol. The number of rotatable bonds is 28. The van der Waals surface area contributed by atoms with Crippen molar-refractivity contribution < 1.29 is 83.4 Å². The summed E-state index contributed by atoms with van der Waals surface area (Å²) in [7, 11) is -4.44. The summed E-state index contributed by atoms with van der Waals surface area (Å²) >= 11 is 0. The van der Waals surface area contributed by atoms with Crippen LogP contribution in [0.5, 0.6) is 0 Å². The van der Waals surface area contributed by atoms with Crippen molar-refractivity contribution in [3.8, 4) is 0 Å². The van der Waals surface area contributed by atoms with Gasteiger partial charge in [-0.2, -0.15) is 0 Å². The first-order valence-electron chi connectivity index (χ1n) is 17.1. The standard InChI is InChI=1S/C35H60O7S.K/c1-3-4-5-6-7-8-9-10-11-12-13-14-15-16-17-18-19-20-21-22-25-29-41-34(36)32-26-23-24-27-33(32)35(37)42-30-28-31(2)43(38,39)40;/h23-24,26-27,31H,3-22,25,28-30H2,1-2H3,(H,38,39,40);/q;+1/p-1. The van der Waals surface area contributed by atoms with E-state index in [1.54, 1.807) is 12.1 Å². The zero-order valence-electron chi connectivity index (χ0n) is 28.1. The zero-order chi connectivity index (χ0) is 31.6. The van der Waals surface area contributed by atoms with Crippen molar-refractivity contribution in [3.05, 3.63) is 35.4 Å². The SMILES string of the molecule is CCCCCCCCCCCCCCCCCCCCCCCOC(=O)c1ccccc1C(=O)OCCC(C)S(=O)(=O)[O-].[K+]. The molecule has 0 amide bonds. The number of hydrogen-bond donors (Lipinski definition) is 0. The molecular formula is C35H59KO7S. The Morgan fingerprint density at radius 2 is 0.932 bits per heavy atom. The van der Waals surface area contributed by atoms with Gasteiger partial charge in [-0.3, -0.25) is 0 Å². The van der Waals surface area contributed by atoms with Gasteiger partial charge in [0, 0.05) is 5.25 Å². The summed E-state index contributed by atoms with van der Waals surface area (Å²) in [5.74, 6) is -1.34. The average Bonchev–Trinajstić information content (AvgIpc) is 2.99. The maximum absolute atomic E-state index is 12.5. The smallest absolute Gasteiger partial charge is 0.748 e. The van der Waals surface area contributed by atoms with Crippen LogP contribution in [0.3, 0.4) is 0 Å². The minimum Gasteiger partial charge on any atom is -0.748 e. The van der Waals surface area contributed by atoms with Crippen LogP contribution < -0.4 is 51.4 Å². The van der Waals surface area contributed by atoms with Crippen LogP contribution in [-0.2, 0) is 19.6 Å². The molecule has 1 atom stereocenters. The van der Waals surface area contributed by atoms with E-state index in [1.807, 2.05) is 0 Å². The summed E-state index contributed by atoms with van der Waals surface area (Å²) in [6.45, 7) is 3.60. The molecule has 0 radical (unpaired) electrons. The van der Waals surface area contributed by atoms with Crippen LogP contribution in [0.4, 0.5) is 0 Å². The van der Waals surface area contributed by atoms with Crippen molar-refractivity contribution in [2.24, 2.45) is 0 Å². The molecule has 0 aliphatic heterocycles. The van der Waals surface area contributed by atoms with E-state index < -0.39 is 27.3 Å². The quantitative estimate of drug-likeness (QED) is 0.0434. The molecule has 1 aromatic carbocycles. The molecule has 7 nitrogen and oxygen atoms in total. The molecule has 0 aromatic heterocycles. The molecule has 1 rings (SSSR count). The predicted molar refractivity (Wildman–Crippen MR) is 173 cm³/mol. The van der Waals surface area contributed by atoms with Gasteiger partial charge in [0.25, 0.3) is 0 Å². The van der Waals surface area contributed by atoms with Gasteiger partial charge in [-0.25, -0.2) is 18.0 Å². The van der Waals surface area contributed by atoms with E-state index in [1.165, 1.54) is 135 Å². The molecule has 0 saturated heterocycles. The molecule has 0 heterocycles. The average molecular weight is 663 g/mol. The summed E-state index contributed by atoms with van der Waals surface area (Å²) in [5, 5.41) is -1.16. The molecule has 9 heteroatoms. The first-order valence-corrected chi connectivity index (χ1v) is 18.6. The third-order valence-corrected chi connectivity index (χ3v) is 9.32. The van der Waals surface area contributed by atoms with Gasteiger partial charge in [0.05, 0.1) is 34.5 Å². The Labute approximate surface area is 311 Å². The Morgan fingerprint density at radius 3 is 1.27 bits per heavy atom. The second kappa shape index (κ2) is 28.9. The van der Waals surface area contributed by atoms with E-state index in [9.17, 15) is 22.6 Å². The Hall–Kier alpha value is -0.294. The van der Waals surface area contributed by atoms with E-state index in [4.69, 9.17) is 9.47 Å². The van der Waals surface area contributed by atoms with E-state index >= 15 is 0 Å². The number of esters is 2. The van der Waals surface area contributed by atoms with Gasteiger partial charge >= 0.3 is 63.3 Å². The summed E-state index contributed by atoms with van der Waals surface area (Å²) in [4.78, 5) is 25.0. The Balaban J connectivity index is 0.0000185. The maximum atomic E-state index is 12.5. The molecule has 44 heavy (non-hydrogen) atoms. The molecule has 0 aliphatic rings. The van der Waals surface area contributed by atoms with Gasteiger partial charge in [0.15, 0.2) is 0 Å². The number of carbonyl (C=O) groups excluding carboxylic acids is 2. The number of unbranched alkanes of at least 4 members (excludes halogenated alkanes) is 20. The largest absolute Gasteiger partial charge is 1.00 e. The van der Waals surface area contributed by atoms with Crippen LogP contribution in [0.2, 0.25) is 0 Å². The first-order chi connectivity index (χ1) is 20.8. The molecule has 0 saturated carbocycles. The molecule has 0 spiro atoms. The molecule has 0 N–H and O–H groups in total. The van der Waals surface area contributed by atoms with Crippen molar-refractivity contribution >= 4 is 22.1 Å². The van der Waals surface area contributed by atoms with Crippen molar-refractivity contribution in [1.82, 2.24) is 0 Å². The second-order valence-electron chi connectivity index (χ2n) is 12.0. The fourth-order valence-corrected chi connectivity index (χ4v) is 5.54. The fourth-order valence-electron chi connectivity index (χ4n) is 5.16. The van der Waals surface area contributed by atoms with Gasteiger partial charge in [-0.15, -0.1) is 0 Å². The van der Waals surface area contributed by atoms with Gasteiger partial charge < -0.3 is 14.0 Å². The predicted octanol–water partition coefficient (Wildman–Crippen LogP) is 6.54. The number of benzene rings is 1. The summed E-state index contributed by atoms with van der Waals surface area (Å²) in [6, 6.07) is 6.21. The molecule has 0 fully saturated rings. The van der Waals surface area contributed by atoms with Gasteiger partial charge in [-0.1, -0.05) is 147 Å². The van der Waals surface area contributed by atoms with Crippen molar-refractivity contribution in [1.29, 1.82) is 0 Å². The van der Waals surface area contributed by atoms with E-state index in [0.29, 0.717) is 6.61 Å². The molecule has 248 valence electrons. The van der Waals surface area contributed by atoms with Crippen molar-refractivity contribution in [3.63, 3.8) is 0 Å². The minimum absolute atomic E-state index is 0. The Morgan fingerprint density at radius 1 is 0.614 bits per heavy atom. The number of hydrogen-bond acceptors (Lipinski definition) is 7.